The van der Waals surface area contributed by atoms with Crippen LogP contribution in [0.1, 0.15) is 32.6 Å². The van der Waals surface area contributed by atoms with Gasteiger partial charge in [0.25, 0.3) is 5.91 Å². The van der Waals surface area contributed by atoms with Gasteiger partial charge in [-0.05, 0) is 36.6 Å². The van der Waals surface area contributed by atoms with E-state index in [1.807, 2.05) is 50.2 Å². The molecule has 28 heavy (non-hydrogen) atoms. The van der Waals surface area contributed by atoms with Crippen molar-refractivity contribution in [3.8, 4) is 0 Å². The van der Waals surface area contributed by atoms with Crippen LogP contribution in [0.25, 0.3) is 0 Å². The molecule has 146 valence electrons. The molecule has 0 unspecified atom stereocenters. The maximum absolute atomic E-state index is 12.8. The number of benzene rings is 2. The maximum atomic E-state index is 12.8. The van der Waals surface area contributed by atoms with Crippen LogP contribution in [0.3, 0.4) is 0 Å². The summed E-state index contributed by atoms with van der Waals surface area (Å²) in [5.74, 6) is -1.46. The summed E-state index contributed by atoms with van der Waals surface area (Å²) >= 11 is 0. The Balaban J connectivity index is 1.73. The molecule has 0 bridgehead atoms. The number of aryl methyl sites for hydroxylation is 2. The van der Waals surface area contributed by atoms with Gasteiger partial charge in [-0.3, -0.25) is 4.79 Å². The monoisotopic (exact) mass is 381 g/mol. The minimum atomic E-state index is -0.730. The number of carbonyl (C=O) groups excluding carboxylic acids is 3. The summed E-state index contributed by atoms with van der Waals surface area (Å²) < 4.78 is 10.1. The molecule has 1 aliphatic rings. The lowest BCUT2D eigenvalue weighted by Gasteiger charge is -2.35. The van der Waals surface area contributed by atoms with E-state index in [0.717, 1.165) is 22.3 Å². The fraction of sp³-hybridized carbons (Fsp3) is 0.318. The van der Waals surface area contributed by atoms with Gasteiger partial charge < -0.3 is 14.4 Å². The molecule has 0 saturated heterocycles. The molecular weight excluding hydrogens is 358 g/mol. The maximum Gasteiger partial charge on any atom is 0.338 e. The smallest absolute Gasteiger partial charge is 0.338 e. The molecule has 1 amide bonds. The average Bonchev–Trinajstić information content (AvgIpc) is 2.71. The zero-order valence-corrected chi connectivity index (χ0v) is 16.2. The molecule has 0 fully saturated rings. The summed E-state index contributed by atoms with van der Waals surface area (Å²) in [5.41, 5.74) is 4.12. The third-order valence-electron chi connectivity index (χ3n) is 4.98. The number of nitrogens with zero attached hydrogens (tertiary/aromatic N) is 1. The lowest BCUT2D eigenvalue weighted by molar-refractivity contribution is -0.155. The van der Waals surface area contributed by atoms with Crippen LogP contribution < -0.4 is 0 Å². The van der Waals surface area contributed by atoms with Crippen molar-refractivity contribution in [2.24, 2.45) is 0 Å². The standard InChI is InChI=1S/C22H23NO5/c1-14-8-9-15(2)18(10-14)21(25)28-13-20(24)23-12-17-7-5-4-6-16(17)11-19(23)22(26)27-3/h4-10,19H,11-13H2,1-3H3/t19-/m0/s1. The fourth-order valence-electron chi connectivity index (χ4n) is 3.38. The third kappa shape index (κ3) is 4.06. The number of amides is 1. The highest BCUT2D eigenvalue weighted by Gasteiger charge is 2.35. The van der Waals surface area contributed by atoms with E-state index in [-0.39, 0.29) is 6.54 Å². The van der Waals surface area contributed by atoms with Gasteiger partial charge in [0.15, 0.2) is 6.61 Å². The van der Waals surface area contributed by atoms with E-state index in [1.54, 1.807) is 6.07 Å². The zero-order valence-electron chi connectivity index (χ0n) is 16.2. The summed E-state index contributed by atoms with van der Waals surface area (Å²) in [6.45, 7) is 3.54. The SMILES string of the molecule is COC(=O)[C@@H]1Cc2ccccc2CN1C(=O)COC(=O)c1cc(C)ccc1C. The molecule has 6 heteroatoms. The first kappa shape index (κ1) is 19.6. The van der Waals surface area contributed by atoms with Crippen LogP contribution in [-0.4, -0.2) is 42.5 Å². The first-order valence-electron chi connectivity index (χ1n) is 9.09. The van der Waals surface area contributed by atoms with Crippen LogP contribution in [0, 0.1) is 13.8 Å². The summed E-state index contributed by atoms with van der Waals surface area (Å²) in [7, 11) is 1.30. The minimum Gasteiger partial charge on any atom is -0.467 e. The summed E-state index contributed by atoms with van der Waals surface area (Å²) in [4.78, 5) is 38.8. The van der Waals surface area contributed by atoms with Gasteiger partial charge in [0.05, 0.1) is 12.7 Å². The average molecular weight is 381 g/mol. The van der Waals surface area contributed by atoms with Crippen molar-refractivity contribution >= 4 is 17.8 Å². The van der Waals surface area contributed by atoms with Gasteiger partial charge in [0.1, 0.15) is 6.04 Å². The largest absolute Gasteiger partial charge is 0.467 e. The topological polar surface area (TPSA) is 72.9 Å². The predicted molar refractivity (Wildman–Crippen MR) is 103 cm³/mol. The Bertz CT molecular complexity index is 921. The van der Waals surface area contributed by atoms with E-state index in [0.29, 0.717) is 12.0 Å². The van der Waals surface area contributed by atoms with Gasteiger partial charge in [0, 0.05) is 13.0 Å². The van der Waals surface area contributed by atoms with E-state index < -0.39 is 30.5 Å². The molecule has 1 aliphatic heterocycles. The molecule has 2 aromatic rings. The van der Waals surface area contributed by atoms with Gasteiger partial charge in [-0.1, -0.05) is 42.0 Å². The number of methoxy groups -OCH3 is 1. The van der Waals surface area contributed by atoms with Crippen molar-refractivity contribution < 1.29 is 23.9 Å². The second kappa shape index (κ2) is 8.25. The number of hydrogen-bond donors (Lipinski definition) is 0. The van der Waals surface area contributed by atoms with E-state index in [4.69, 9.17) is 9.47 Å². The molecule has 0 N–H and O–H groups in total. The first-order valence-corrected chi connectivity index (χ1v) is 9.09. The van der Waals surface area contributed by atoms with E-state index >= 15 is 0 Å². The lowest BCUT2D eigenvalue weighted by Crippen LogP contribution is -2.50. The quantitative estimate of drug-likeness (QED) is 0.761. The van der Waals surface area contributed by atoms with Gasteiger partial charge in [0.2, 0.25) is 0 Å². The lowest BCUT2D eigenvalue weighted by atomic mass is 9.94. The van der Waals surface area contributed by atoms with Gasteiger partial charge in [-0.25, -0.2) is 9.59 Å². The van der Waals surface area contributed by atoms with Crippen molar-refractivity contribution in [1.82, 2.24) is 4.90 Å². The van der Waals surface area contributed by atoms with Gasteiger partial charge in [-0.15, -0.1) is 0 Å². The number of esters is 2. The number of fused-ring (bicyclic) bond motifs is 1. The van der Waals surface area contributed by atoms with E-state index in [2.05, 4.69) is 0 Å². The minimum absolute atomic E-state index is 0.274. The van der Waals surface area contributed by atoms with Gasteiger partial charge in [-0.2, -0.15) is 0 Å². The van der Waals surface area contributed by atoms with Crippen LogP contribution in [0.15, 0.2) is 42.5 Å². The molecule has 0 saturated carbocycles. The molecule has 1 heterocycles. The molecule has 3 rings (SSSR count). The highest BCUT2D eigenvalue weighted by Crippen LogP contribution is 2.24. The van der Waals surface area contributed by atoms with Crippen molar-refractivity contribution in [2.75, 3.05) is 13.7 Å². The molecule has 6 nitrogen and oxygen atoms in total. The zero-order chi connectivity index (χ0) is 20.3. The van der Waals surface area contributed by atoms with Crippen molar-refractivity contribution in [1.29, 1.82) is 0 Å². The second-order valence-electron chi connectivity index (χ2n) is 6.93. The molecule has 0 aromatic heterocycles. The predicted octanol–water partition coefficient (Wildman–Crippen LogP) is 2.59. The number of hydrogen-bond acceptors (Lipinski definition) is 5. The van der Waals surface area contributed by atoms with Crippen LogP contribution >= 0.6 is 0 Å². The third-order valence-corrected chi connectivity index (χ3v) is 4.98. The Labute approximate surface area is 164 Å². The summed E-state index contributed by atoms with van der Waals surface area (Å²) in [6, 6.07) is 12.4. The number of rotatable bonds is 4. The number of ether oxygens (including phenoxy) is 2. The molecule has 2 aromatic carbocycles. The van der Waals surface area contributed by atoms with Gasteiger partial charge >= 0.3 is 11.9 Å². The number of carbonyl (C=O) groups is 3. The van der Waals surface area contributed by atoms with Crippen molar-refractivity contribution in [3.05, 3.63) is 70.3 Å². The Morgan fingerprint density at radius 2 is 1.79 bits per heavy atom. The Morgan fingerprint density at radius 1 is 1.07 bits per heavy atom. The van der Waals surface area contributed by atoms with Crippen molar-refractivity contribution in [2.45, 2.75) is 32.9 Å². The van der Waals surface area contributed by atoms with E-state index in [9.17, 15) is 14.4 Å². The van der Waals surface area contributed by atoms with E-state index in [1.165, 1.54) is 12.0 Å². The van der Waals surface area contributed by atoms with Crippen LogP contribution in [0.2, 0.25) is 0 Å². The molecule has 1 atom stereocenters. The van der Waals surface area contributed by atoms with Crippen LogP contribution in [0.5, 0.6) is 0 Å². The Kier molecular flexibility index (Phi) is 5.78. The highest BCUT2D eigenvalue weighted by atomic mass is 16.5. The molecule has 0 aliphatic carbocycles. The molecule has 0 spiro atoms. The van der Waals surface area contributed by atoms with Crippen LogP contribution in [-0.2, 0) is 32.0 Å². The molecule has 0 radical (unpaired) electrons. The van der Waals surface area contributed by atoms with Crippen molar-refractivity contribution in [3.63, 3.8) is 0 Å². The fourth-order valence-corrected chi connectivity index (χ4v) is 3.38. The summed E-state index contributed by atoms with van der Waals surface area (Å²) in [5, 5.41) is 0. The highest BCUT2D eigenvalue weighted by molar-refractivity contribution is 5.93. The normalized spacial score (nSPS) is 15.5. The second-order valence-corrected chi connectivity index (χ2v) is 6.93. The first-order chi connectivity index (χ1) is 13.4. The Hall–Kier alpha value is -3.15. The summed E-state index contributed by atoms with van der Waals surface area (Å²) in [6.07, 6.45) is 0.375. The molecular formula is C22H23NO5. The Morgan fingerprint density at radius 3 is 2.50 bits per heavy atom. The van der Waals surface area contributed by atoms with Crippen LogP contribution in [0.4, 0.5) is 0 Å².